The minimum atomic E-state index is -1.01. The molecule has 1 aromatic heterocycles. The van der Waals surface area contributed by atoms with Gasteiger partial charge in [0.1, 0.15) is 18.0 Å². The molecule has 0 saturated carbocycles. The number of aliphatic carboxylic acids is 1. The molecule has 5 nitrogen and oxygen atoms in total. The topological polar surface area (TPSA) is 75.4 Å². The summed E-state index contributed by atoms with van der Waals surface area (Å²) in [6.07, 6.45) is -0.252. The Balaban J connectivity index is 2.20. The first-order chi connectivity index (χ1) is 8.56. The Hall–Kier alpha value is -2.37. The molecule has 0 aliphatic heterocycles. The first-order valence-corrected chi connectivity index (χ1v) is 5.26. The van der Waals surface area contributed by atoms with Crippen LogP contribution in [0.25, 0.3) is 0 Å². The Morgan fingerprint density at radius 2 is 2.22 bits per heavy atom. The lowest BCUT2D eigenvalue weighted by Crippen LogP contribution is -1.99. The lowest BCUT2D eigenvalue weighted by atomic mass is 10.3. The van der Waals surface area contributed by atoms with Gasteiger partial charge in [-0.1, -0.05) is 12.1 Å². The number of benzene rings is 1. The van der Waals surface area contributed by atoms with Gasteiger partial charge in [-0.3, -0.25) is 4.79 Å². The Bertz CT molecular complexity index is 580. The van der Waals surface area contributed by atoms with Gasteiger partial charge in [0, 0.05) is 0 Å². The zero-order valence-corrected chi connectivity index (χ0v) is 9.61. The Morgan fingerprint density at radius 3 is 2.89 bits per heavy atom. The zero-order valence-electron chi connectivity index (χ0n) is 9.61. The number of carboxylic acid groups (broad SMARTS) is 1. The molecule has 0 spiro atoms. The van der Waals surface area contributed by atoms with E-state index >= 15 is 0 Å². The van der Waals surface area contributed by atoms with Crippen molar-refractivity contribution in [2.24, 2.45) is 0 Å². The third-order valence-corrected chi connectivity index (χ3v) is 2.32. The Labute approximate surface area is 102 Å². The highest BCUT2D eigenvalue weighted by Crippen LogP contribution is 2.21. The van der Waals surface area contributed by atoms with Crippen LogP contribution < -0.4 is 5.32 Å². The van der Waals surface area contributed by atoms with Crippen LogP contribution in [-0.4, -0.2) is 16.1 Å². The molecule has 1 heterocycles. The maximum atomic E-state index is 13.4. The van der Waals surface area contributed by atoms with Gasteiger partial charge in [-0.05, 0) is 19.1 Å². The lowest BCUT2D eigenvalue weighted by Gasteiger charge is -2.01. The molecule has 0 atom stereocenters. The number of oxazole rings is 1. The molecule has 0 unspecified atom stereocenters. The standard InChI is InChI=1S/C12H11FN2O3/c1-7-10(6-11(16)17)18-12(14-7)15-9-5-3-2-4-8(9)13/h2-5H,6H2,1H3,(H,14,15)(H,16,17). The number of anilines is 2. The quantitative estimate of drug-likeness (QED) is 0.871. The number of aromatic nitrogens is 1. The van der Waals surface area contributed by atoms with E-state index in [1.807, 2.05) is 0 Å². The molecule has 0 fully saturated rings. The molecular weight excluding hydrogens is 239 g/mol. The van der Waals surface area contributed by atoms with Gasteiger partial charge in [0.05, 0.1) is 11.4 Å². The van der Waals surface area contributed by atoms with Gasteiger partial charge in [0.25, 0.3) is 6.01 Å². The highest BCUT2D eigenvalue weighted by molar-refractivity contribution is 5.69. The number of hydrogen-bond acceptors (Lipinski definition) is 4. The van der Waals surface area contributed by atoms with Crippen LogP contribution in [0.3, 0.4) is 0 Å². The van der Waals surface area contributed by atoms with Gasteiger partial charge < -0.3 is 14.8 Å². The van der Waals surface area contributed by atoms with E-state index in [2.05, 4.69) is 10.3 Å². The van der Waals surface area contributed by atoms with Gasteiger partial charge in [0.2, 0.25) is 0 Å². The van der Waals surface area contributed by atoms with Gasteiger partial charge in [-0.2, -0.15) is 4.98 Å². The zero-order chi connectivity index (χ0) is 13.1. The summed E-state index contributed by atoms with van der Waals surface area (Å²) in [6, 6.07) is 6.15. The van der Waals surface area contributed by atoms with Crippen LogP contribution in [-0.2, 0) is 11.2 Å². The number of hydrogen-bond donors (Lipinski definition) is 2. The second kappa shape index (κ2) is 4.87. The maximum absolute atomic E-state index is 13.4. The molecule has 2 aromatic rings. The van der Waals surface area contributed by atoms with E-state index in [-0.39, 0.29) is 23.9 Å². The van der Waals surface area contributed by atoms with E-state index in [4.69, 9.17) is 9.52 Å². The van der Waals surface area contributed by atoms with Crippen LogP contribution >= 0.6 is 0 Å². The summed E-state index contributed by atoms with van der Waals surface area (Å²) < 4.78 is 18.6. The average Bonchev–Trinajstić information content (AvgIpc) is 2.62. The van der Waals surface area contributed by atoms with Crippen molar-refractivity contribution >= 4 is 17.7 Å². The minimum Gasteiger partial charge on any atom is -0.481 e. The molecule has 94 valence electrons. The molecule has 0 aliphatic rings. The Morgan fingerprint density at radius 1 is 1.50 bits per heavy atom. The molecule has 0 aliphatic carbocycles. The van der Waals surface area contributed by atoms with E-state index in [1.54, 1.807) is 19.1 Å². The predicted octanol–water partition coefficient (Wildman–Crippen LogP) is 2.49. The van der Waals surface area contributed by atoms with Crippen LogP contribution in [0.15, 0.2) is 28.7 Å². The number of carboxylic acids is 1. The Kier molecular flexibility index (Phi) is 3.27. The SMILES string of the molecule is Cc1nc(Nc2ccccc2F)oc1CC(=O)O. The summed E-state index contributed by atoms with van der Waals surface area (Å²) in [6.45, 7) is 1.63. The number of aryl methyl sites for hydroxylation is 1. The largest absolute Gasteiger partial charge is 0.481 e. The van der Waals surface area contributed by atoms with Crippen molar-refractivity contribution in [3.05, 3.63) is 41.5 Å². The van der Waals surface area contributed by atoms with E-state index in [9.17, 15) is 9.18 Å². The normalized spacial score (nSPS) is 10.3. The van der Waals surface area contributed by atoms with Crippen LogP contribution in [0.5, 0.6) is 0 Å². The number of carbonyl (C=O) groups is 1. The van der Waals surface area contributed by atoms with E-state index < -0.39 is 11.8 Å². The van der Waals surface area contributed by atoms with Crippen LogP contribution in [0.4, 0.5) is 16.1 Å². The average molecular weight is 250 g/mol. The first-order valence-electron chi connectivity index (χ1n) is 5.26. The van der Waals surface area contributed by atoms with Crippen molar-refractivity contribution in [3.8, 4) is 0 Å². The summed E-state index contributed by atoms with van der Waals surface area (Å²) in [7, 11) is 0. The van der Waals surface area contributed by atoms with Crippen LogP contribution in [0.2, 0.25) is 0 Å². The highest BCUT2D eigenvalue weighted by Gasteiger charge is 2.13. The van der Waals surface area contributed by atoms with Gasteiger partial charge in [-0.15, -0.1) is 0 Å². The van der Waals surface area contributed by atoms with Crippen molar-refractivity contribution < 1.29 is 18.7 Å². The van der Waals surface area contributed by atoms with Crippen LogP contribution in [0, 0.1) is 12.7 Å². The molecule has 0 saturated heterocycles. The summed E-state index contributed by atoms with van der Waals surface area (Å²) in [5.74, 6) is -1.19. The van der Waals surface area contributed by atoms with Crippen molar-refractivity contribution in [1.29, 1.82) is 0 Å². The fourth-order valence-electron chi connectivity index (χ4n) is 1.46. The summed E-state index contributed by atoms with van der Waals surface area (Å²) >= 11 is 0. The fraction of sp³-hybridized carbons (Fsp3) is 0.167. The minimum absolute atomic E-state index is 0.0776. The van der Waals surface area contributed by atoms with Crippen molar-refractivity contribution in [3.63, 3.8) is 0 Å². The molecule has 0 radical (unpaired) electrons. The second-order valence-electron chi connectivity index (χ2n) is 3.70. The molecule has 2 rings (SSSR count). The summed E-state index contributed by atoms with van der Waals surface area (Å²) in [4.78, 5) is 14.6. The summed E-state index contributed by atoms with van der Waals surface area (Å²) in [5, 5.41) is 11.3. The third-order valence-electron chi connectivity index (χ3n) is 2.32. The molecule has 18 heavy (non-hydrogen) atoms. The lowest BCUT2D eigenvalue weighted by molar-refractivity contribution is -0.136. The number of rotatable bonds is 4. The van der Waals surface area contributed by atoms with Crippen molar-refractivity contribution in [1.82, 2.24) is 4.98 Å². The monoisotopic (exact) mass is 250 g/mol. The van der Waals surface area contributed by atoms with Crippen LogP contribution in [0.1, 0.15) is 11.5 Å². The van der Waals surface area contributed by atoms with E-state index in [1.165, 1.54) is 12.1 Å². The van der Waals surface area contributed by atoms with Crippen molar-refractivity contribution in [2.45, 2.75) is 13.3 Å². The number of para-hydroxylation sites is 1. The summed E-state index contributed by atoms with van der Waals surface area (Å²) in [5.41, 5.74) is 0.692. The first kappa shape index (κ1) is 12.1. The van der Waals surface area contributed by atoms with Gasteiger partial charge >= 0.3 is 5.97 Å². The molecule has 1 aromatic carbocycles. The van der Waals surface area contributed by atoms with Crippen molar-refractivity contribution in [2.75, 3.05) is 5.32 Å². The number of nitrogens with zero attached hydrogens (tertiary/aromatic N) is 1. The van der Waals surface area contributed by atoms with E-state index in [0.29, 0.717) is 5.69 Å². The highest BCUT2D eigenvalue weighted by atomic mass is 19.1. The maximum Gasteiger partial charge on any atom is 0.311 e. The third kappa shape index (κ3) is 2.65. The van der Waals surface area contributed by atoms with E-state index in [0.717, 1.165) is 0 Å². The molecule has 0 bridgehead atoms. The number of halogens is 1. The smallest absolute Gasteiger partial charge is 0.311 e. The molecule has 6 heteroatoms. The molecular formula is C12H11FN2O3. The van der Waals surface area contributed by atoms with Gasteiger partial charge in [0.15, 0.2) is 0 Å². The number of nitrogens with one attached hydrogen (secondary N) is 1. The molecule has 0 amide bonds. The van der Waals surface area contributed by atoms with Gasteiger partial charge in [-0.25, -0.2) is 4.39 Å². The predicted molar refractivity (Wildman–Crippen MR) is 62.3 cm³/mol. The molecule has 2 N–H and O–H groups in total. The second-order valence-corrected chi connectivity index (χ2v) is 3.70. The fourth-order valence-corrected chi connectivity index (χ4v) is 1.46.